The van der Waals surface area contributed by atoms with Gasteiger partial charge in [0.05, 0.1) is 7.11 Å². The van der Waals surface area contributed by atoms with Crippen LogP contribution in [0.4, 0.5) is 0 Å². The number of nitrogens with zero attached hydrogens (tertiary/aromatic N) is 3. The first-order chi connectivity index (χ1) is 11.8. The highest BCUT2D eigenvalue weighted by Crippen LogP contribution is 2.18. The summed E-state index contributed by atoms with van der Waals surface area (Å²) in [7, 11) is 3.43. The minimum Gasteiger partial charge on any atom is -0.481 e. The van der Waals surface area contributed by atoms with E-state index in [9.17, 15) is 0 Å². The van der Waals surface area contributed by atoms with Crippen molar-refractivity contribution < 1.29 is 4.74 Å². The number of methoxy groups -OCH3 is 1. The predicted molar refractivity (Wildman–Crippen MR) is 98.5 cm³/mol. The Morgan fingerprint density at radius 1 is 1.38 bits per heavy atom. The molecule has 0 bridgehead atoms. The molecule has 1 aliphatic heterocycles. The number of hydrogen-bond acceptors (Lipinski definition) is 4. The molecule has 1 aromatic heterocycles. The van der Waals surface area contributed by atoms with Crippen molar-refractivity contribution in [3.05, 3.63) is 23.9 Å². The summed E-state index contributed by atoms with van der Waals surface area (Å²) in [5.74, 6) is 1.46. The molecule has 2 N–H and O–H groups in total. The number of hydrogen-bond donors (Lipinski definition) is 2. The van der Waals surface area contributed by atoms with Crippen molar-refractivity contribution in [2.24, 2.45) is 4.99 Å². The van der Waals surface area contributed by atoms with E-state index in [2.05, 4.69) is 32.4 Å². The Labute approximate surface area is 145 Å². The second-order valence-electron chi connectivity index (χ2n) is 6.16. The van der Waals surface area contributed by atoms with Crippen LogP contribution in [-0.2, 0) is 6.54 Å². The van der Waals surface area contributed by atoms with Gasteiger partial charge in [0.2, 0.25) is 5.88 Å². The van der Waals surface area contributed by atoms with Crippen LogP contribution in [0.2, 0.25) is 0 Å². The van der Waals surface area contributed by atoms with Crippen LogP contribution in [0.3, 0.4) is 0 Å². The van der Waals surface area contributed by atoms with Crippen molar-refractivity contribution in [2.45, 2.75) is 45.2 Å². The van der Waals surface area contributed by atoms with Crippen LogP contribution in [0.5, 0.6) is 5.88 Å². The summed E-state index contributed by atoms with van der Waals surface area (Å²) in [4.78, 5) is 11.1. The number of aliphatic imine (C=N–C) groups is 1. The topological polar surface area (TPSA) is 61.8 Å². The Morgan fingerprint density at radius 2 is 2.25 bits per heavy atom. The van der Waals surface area contributed by atoms with Gasteiger partial charge in [-0.3, -0.25) is 9.89 Å². The largest absolute Gasteiger partial charge is 0.481 e. The van der Waals surface area contributed by atoms with E-state index in [1.54, 1.807) is 14.2 Å². The summed E-state index contributed by atoms with van der Waals surface area (Å²) < 4.78 is 5.07. The van der Waals surface area contributed by atoms with E-state index in [0.717, 1.165) is 30.7 Å². The summed E-state index contributed by atoms with van der Waals surface area (Å²) in [6, 6.07) is 4.63. The van der Waals surface area contributed by atoms with E-state index in [1.807, 2.05) is 18.3 Å². The molecule has 1 saturated heterocycles. The molecule has 0 spiro atoms. The molecule has 6 nitrogen and oxygen atoms in total. The lowest BCUT2D eigenvalue weighted by Crippen LogP contribution is -2.45. The highest BCUT2D eigenvalue weighted by molar-refractivity contribution is 5.79. The first-order valence-corrected chi connectivity index (χ1v) is 8.94. The Morgan fingerprint density at radius 3 is 2.92 bits per heavy atom. The molecule has 2 heterocycles. The van der Waals surface area contributed by atoms with E-state index in [4.69, 9.17) is 4.74 Å². The van der Waals surface area contributed by atoms with Crippen LogP contribution in [0, 0.1) is 0 Å². The Balaban J connectivity index is 1.71. The number of piperidine rings is 1. The van der Waals surface area contributed by atoms with Crippen molar-refractivity contribution in [1.29, 1.82) is 0 Å². The zero-order valence-corrected chi connectivity index (χ0v) is 15.2. The van der Waals surface area contributed by atoms with Gasteiger partial charge in [-0.05, 0) is 31.4 Å². The van der Waals surface area contributed by atoms with Gasteiger partial charge >= 0.3 is 0 Å². The number of rotatable bonds is 7. The summed E-state index contributed by atoms with van der Waals surface area (Å²) in [6.45, 7) is 6.20. The minimum absolute atomic E-state index is 0.633. The van der Waals surface area contributed by atoms with Gasteiger partial charge in [0.1, 0.15) is 0 Å². The van der Waals surface area contributed by atoms with Crippen molar-refractivity contribution in [3.8, 4) is 5.88 Å². The average Bonchev–Trinajstić information content (AvgIpc) is 2.65. The SMILES string of the molecule is CCC1CCCCN1CCNC(=NC)NCc1ccc(OC)nc1. The average molecular weight is 333 g/mol. The normalized spacial score (nSPS) is 19.1. The van der Waals surface area contributed by atoms with Crippen LogP contribution in [0.15, 0.2) is 23.3 Å². The number of nitrogens with one attached hydrogen (secondary N) is 2. The highest BCUT2D eigenvalue weighted by atomic mass is 16.5. The number of ether oxygens (including phenoxy) is 1. The Bertz CT molecular complexity index is 503. The molecule has 1 atom stereocenters. The maximum Gasteiger partial charge on any atom is 0.212 e. The van der Waals surface area contributed by atoms with Crippen LogP contribution < -0.4 is 15.4 Å². The van der Waals surface area contributed by atoms with Crippen molar-refractivity contribution >= 4 is 5.96 Å². The van der Waals surface area contributed by atoms with Crippen molar-refractivity contribution in [1.82, 2.24) is 20.5 Å². The van der Waals surface area contributed by atoms with Crippen molar-refractivity contribution in [2.75, 3.05) is 33.8 Å². The summed E-state index contributed by atoms with van der Waals surface area (Å²) in [5, 5.41) is 6.73. The number of pyridine rings is 1. The van der Waals surface area contributed by atoms with Gasteiger partial charge in [0.15, 0.2) is 5.96 Å². The first kappa shape index (κ1) is 18.5. The molecular formula is C18H31N5O. The lowest BCUT2D eigenvalue weighted by atomic mass is 10.0. The van der Waals surface area contributed by atoms with Crippen LogP contribution in [0.25, 0.3) is 0 Å². The maximum atomic E-state index is 5.07. The molecule has 24 heavy (non-hydrogen) atoms. The number of guanidine groups is 1. The third-order valence-corrected chi connectivity index (χ3v) is 4.60. The van der Waals surface area contributed by atoms with Crippen molar-refractivity contribution in [3.63, 3.8) is 0 Å². The summed E-state index contributed by atoms with van der Waals surface area (Å²) in [5.41, 5.74) is 1.10. The highest BCUT2D eigenvalue weighted by Gasteiger charge is 2.19. The maximum absolute atomic E-state index is 5.07. The molecule has 2 rings (SSSR count). The number of likely N-dealkylation sites (tertiary alicyclic amines) is 1. The van der Waals surface area contributed by atoms with Gasteiger partial charge in [0, 0.05) is 45.0 Å². The van der Waals surface area contributed by atoms with Crippen LogP contribution in [0.1, 0.15) is 38.2 Å². The van der Waals surface area contributed by atoms with Crippen LogP contribution in [-0.4, -0.2) is 55.7 Å². The lowest BCUT2D eigenvalue weighted by Gasteiger charge is -2.35. The van der Waals surface area contributed by atoms with E-state index in [1.165, 1.54) is 32.2 Å². The van der Waals surface area contributed by atoms with Gasteiger partial charge in [-0.1, -0.05) is 19.4 Å². The zero-order chi connectivity index (χ0) is 17.2. The van der Waals surface area contributed by atoms with Gasteiger partial charge in [-0.15, -0.1) is 0 Å². The molecule has 134 valence electrons. The van der Waals surface area contributed by atoms with E-state index >= 15 is 0 Å². The second-order valence-corrected chi connectivity index (χ2v) is 6.16. The molecule has 1 fully saturated rings. The monoisotopic (exact) mass is 333 g/mol. The van der Waals surface area contributed by atoms with Gasteiger partial charge < -0.3 is 15.4 Å². The molecule has 0 amide bonds. The number of aromatic nitrogens is 1. The van der Waals surface area contributed by atoms with E-state index < -0.39 is 0 Å². The van der Waals surface area contributed by atoms with Crippen LogP contribution >= 0.6 is 0 Å². The molecule has 0 aromatic carbocycles. The first-order valence-electron chi connectivity index (χ1n) is 8.94. The quantitative estimate of drug-likeness (QED) is 0.590. The van der Waals surface area contributed by atoms with Gasteiger partial charge in [0.25, 0.3) is 0 Å². The zero-order valence-electron chi connectivity index (χ0n) is 15.2. The molecule has 1 unspecified atom stereocenters. The fourth-order valence-corrected chi connectivity index (χ4v) is 3.18. The molecule has 0 saturated carbocycles. The lowest BCUT2D eigenvalue weighted by molar-refractivity contribution is 0.147. The third-order valence-electron chi connectivity index (χ3n) is 4.60. The smallest absolute Gasteiger partial charge is 0.212 e. The van der Waals surface area contributed by atoms with Gasteiger partial charge in [-0.25, -0.2) is 4.98 Å². The minimum atomic E-state index is 0.633. The van der Waals surface area contributed by atoms with Gasteiger partial charge in [-0.2, -0.15) is 0 Å². The third kappa shape index (κ3) is 5.67. The molecular weight excluding hydrogens is 302 g/mol. The molecule has 0 aliphatic carbocycles. The fourth-order valence-electron chi connectivity index (χ4n) is 3.18. The van der Waals surface area contributed by atoms with E-state index in [0.29, 0.717) is 12.4 Å². The predicted octanol–water partition coefficient (Wildman–Crippen LogP) is 2.02. The van der Waals surface area contributed by atoms with E-state index in [-0.39, 0.29) is 0 Å². The molecule has 0 radical (unpaired) electrons. The Kier molecular flexibility index (Phi) is 7.82. The Hall–Kier alpha value is -1.82. The second kappa shape index (κ2) is 10.1. The fraction of sp³-hybridized carbons (Fsp3) is 0.667. The molecule has 1 aliphatic rings. The molecule has 6 heteroatoms. The standard InChI is InChI=1S/C18H31N5O/c1-4-16-7-5-6-11-23(16)12-10-20-18(19-2)22-14-15-8-9-17(24-3)21-13-15/h8-9,13,16H,4-7,10-12,14H2,1-3H3,(H2,19,20,22). The summed E-state index contributed by atoms with van der Waals surface area (Å²) in [6.07, 6.45) is 7.11. The molecule has 1 aromatic rings. The summed E-state index contributed by atoms with van der Waals surface area (Å²) >= 11 is 0.